The van der Waals surface area contributed by atoms with Gasteiger partial charge in [0.1, 0.15) is 17.3 Å². The topological polar surface area (TPSA) is 62.5 Å². The third-order valence-corrected chi connectivity index (χ3v) is 3.62. The molecular weight excluding hydrogens is 345 g/mol. The Hall–Kier alpha value is -2.63. The van der Waals surface area contributed by atoms with Gasteiger partial charge in [-0.05, 0) is 42.0 Å². The van der Waals surface area contributed by atoms with Crippen LogP contribution in [0.3, 0.4) is 0 Å². The normalized spacial score (nSPS) is 10.3. The summed E-state index contributed by atoms with van der Waals surface area (Å²) >= 11 is 0. The SMILES string of the molecule is Cl.O=C(O)c1ccc(-c2ccc(CNCc3ccc(F)cc3)o2)cc1. The number of rotatable bonds is 6. The van der Waals surface area contributed by atoms with Crippen LogP contribution in [0, 0.1) is 5.82 Å². The van der Waals surface area contributed by atoms with E-state index in [0.29, 0.717) is 18.8 Å². The number of carboxylic acids is 1. The van der Waals surface area contributed by atoms with E-state index in [1.165, 1.54) is 12.1 Å². The van der Waals surface area contributed by atoms with Crippen LogP contribution >= 0.6 is 12.4 Å². The van der Waals surface area contributed by atoms with Crippen LogP contribution in [0.5, 0.6) is 0 Å². The Morgan fingerprint density at radius 2 is 1.64 bits per heavy atom. The molecule has 3 rings (SSSR count). The number of aromatic carboxylic acids is 1. The van der Waals surface area contributed by atoms with Gasteiger partial charge in [-0.3, -0.25) is 0 Å². The summed E-state index contributed by atoms with van der Waals surface area (Å²) in [5, 5.41) is 12.1. The van der Waals surface area contributed by atoms with E-state index in [4.69, 9.17) is 9.52 Å². The molecule has 2 aromatic carbocycles. The van der Waals surface area contributed by atoms with Gasteiger partial charge < -0.3 is 14.8 Å². The molecule has 0 aliphatic carbocycles. The van der Waals surface area contributed by atoms with Crippen LogP contribution in [0.1, 0.15) is 21.7 Å². The van der Waals surface area contributed by atoms with Crippen molar-refractivity contribution in [1.82, 2.24) is 5.32 Å². The fourth-order valence-electron chi connectivity index (χ4n) is 2.34. The Balaban J connectivity index is 0.00000225. The average Bonchev–Trinajstić information content (AvgIpc) is 3.06. The molecule has 0 spiro atoms. The molecule has 25 heavy (non-hydrogen) atoms. The average molecular weight is 362 g/mol. The zero-order chi connectivity index (χ0) is 16.9. The number of benzene rings is 2. The minimum atomic E-state index is -0.952. The van der Waals surface area contributed by atoms with E-state index in [9.17, 15) is 9.18 Å². The molecule has 1 aromatic heterocycles. The van der Waals surface area contributed by atoms with Gasteiger partial charge in [0.05, 0.1) is 12.1 Å². The summed E-state index contributed by atoms with van der Waals surface area (Å²) in [5.41, 5.74) is 2.06. The van der Waals surface area contributed by atoms with Gasteiger partial charge in [0.15, 0.2) is 0 Å². The predicted octanol–water partition coefficient (Wildman–Crippen LogP) is 4.50. The fraction of sp³-hybridized carbons (Fsp3) is 0.105. The van der Waals surface area contributed by atoms with E-state index in [2.05, 4.69) is 5.32 Å². The van der Waals surface area contributed by atoms with Gasteiger partial charge in [-0.1, -0.05) is 24.3 Å². The van der Waals surface area contributed by atoms with Crippen molar-refractivity contribution in [1.29, 1.82) is 0 Å². The van der Waals surface area contributed by atoms with Crippen LogP contribution < -0.4 is 5.32 Å². The molecule has 1 heterocycles. The van der Waals surface area contributed by atoms with Crippen molar-refractivity contribution in [2.24, 2.45) is 0 Å². The molecule has 0 atom stereocenters. The fourth-order valence-corrected chi connectivity index (χ4v) is 2.34. The van der Waals surface area contributed by atoms with E-state index in [-0.39, 0.29) is 23.8 Å². The molecule has 2 N–H and O–H groups in total. The van der Waals surface area contributed by atoms with E-state index in [1.54, 1.807) is 36.4 Å². The Labute approximate surface area is 150 Å². The molecule has 0 aliphatic heterocycles. The summed E-state index contributed by atoms with van der Waals surface area (Å²) in [7, 11) is 0. The first kappa shape index (κ1) is 18.7. The highest BCUT2D eigenvalue weighted by Crippen LogP contribution is 2.22. The van der Waals surface area contributed by atoms with E-state index in [0.717, 1.165) is 16.9 Å². The van der Waals surface area contributed by atoms with Crippen LogP contribution in [0.25, 0.3) is 11.3 Å². The van der Waals surface area contributed by atoms with Crippen molar-refractivity contribution in [3.8, 4) is 11.3 Å². The summed E-state index contributed by atoms with van der Waals surface area (Å²) in [6, 6.07) is 16.6. The van der Waals surface area contributed by atoms with Gasteiger partial charge in [-0.25, -0.2) is 9.18 Å². The summed E-state index contributed by atoms with van der Waals surface area (Å²) in [5.74, 6) is 0.259. The molecule has 0 amide bonds. The second-order valence-corrected chi connectivity index (χ2v) is 5.38. The summed E-state index contributed by atoms with van der Waals surface area (Å²) in [4.78, 5) is 10.9. The zero-order valence-corrected chi connectivity index (χ0v) is 14.1. The van der Waals surface area contributed by atoms with Gasteiger partial charge in [-0.2, -0.15) is 0 Å². The number of hydrogen-bond donors (Lipinski definition) is 2. The minimum absolute atomic E-state index is 0. The van der Waals surface area contributed by atoms with E-state index >= 15 is 0 Å². The third kappa shape index (κ3) is 4.92. The standard InChI is InChI=1S/C19H16FNO3.ClH/c20-16-7-1-13(2-8-16)11-21-12-17-9-10-18(24-17)14-3-5-15(6-4-14)19(22)23;/h1-10,21H,11-12H2,(H,22,23);1H. The number of furan rings is 1. The molecule has 0 bridgehead atoms. The van der Waals surface area contributed by atoms with Crippen molar-refractivity contribution in [3.05, 3.63) is 83.4 Å². The van der Waals surface area contributed by atoms with E-state index in [1.807, 2.05) is 12.1 Å². The Bertz CT molecular complexity index is 829. The highest BCUT2D eigenvalue weighted by Gasteiger charge is 2.07. The molecule has 6 heteroatoms. The summed E-state index contributed by atoms with van der Waals surface area (Å²) in [6.07, 6.45) is 0. The second kappa shape index (κ2) is 8.46. The maximum atomic E-state index is 12.8. The molecule has 0 saturated heterocycles. The molecule has 0 aliphatic rings. The highest BCUT2D eigenvalue weighted by atomic mass is 35.5. The maximum absolute atomic E-state index is 12.8. The third-order valence-electron chi connectivity index (χ3n) is 3.62. The molecule has 0 radical (unpaired) electrons. The van der Waals surface area contributed by atoms with Crippen LogP contribution in [0.2, 0.25) is 0 Å². The first-order chi connectivity index (χ1) is 11.6. The van der Waals surface area contributed by atoms with Gasteiger partial charge in [0, 0.05) is 12.1 Å². The first-order valence-corrected chi connectivity index (χ1v) is 7.49. The second-order valence-electron chi connectivity index (χ2n) is 5.38. The largest absolute Gasteiger partial charge is 0.478 e. The van der Waals surface area contributed by atoms with Gasteiger partial charge in [0.25, 0.3) is 0 Å². The van der Waals surface area contributed by atoms with E-state index < -0.39 is 5.97 Å². The lowest BCUT2D eigenvalue weighted by molar-refractivity contribution is 0.0697. The molecular formula is C19H17ClFNO3. The Kier molecular flexibility index (Phi) is 6.33. The van der Waals surface area contributed by atoms with Crippen LogP contribution in [-0.2, 0) is 13.1 Å². The Morgan fingerprint density at radius 1 is 0.960 bits per heavy atom. The quantitative estimate of drug-likeness (QED) is 0.678. The number of carbonyl (C=O) groups is 1. The molecule has 3 aromatic rings. The monoisotopic (exact) mass is 361 g/mol. The highest BCUT2D eigenvalue weighted by molar-refractivity contribution is 5.88. The number of nitrogens with one attached hydrogen (secondary N) is 1. The molecule has 130 valence electrons. The van der Waals surface area contributed by atoms with Crippen molar-refractivity contribution in [2.75, 3.05) is 0 Å². The number of carboxylic acid groups (broad SMARTS) is 1. The maximum Gasteiger partial charge on any atom is 0.335 e. The molecule has 0 fully saturated rings. The van der Waals surface area contributed by atoms with Gasteiger partial charge in [-0.15, -0.1) is 12.4 Å². The molecule has 4 nitrogen and oxygen atoms in total. The van der Waals surface area contributed by atoms with Crippen LogP contribution in [-0.4, -0.2) is 11.1 Å². The lowest BCUT2D eigenvalue weighted by atomic mass is 10.1. The van der Waals surface area contributed by atoms with Crippen molar-refractivity contribution < 1.29 is 18.7 Å². The van der Waals surface area contributed by atoms with Crippen molar-refractivity contribution in [2.45, 2.75) is 13.1 Å². The molecule has 0 unspecified atom stereocenters. The minimum Gasteiger partial charge on any atom is -0.478 e. The molecule has 0 saturated carbocycles. The first-order valence-electron chi connectivity index (χ1n) is 7.49. The lowest BCUT2D eigenvalue weighted by Crippen LogP contribution is -2.11. The number of hydrogen-bond acceptors (Lipinski definition) is 3. The zero-order valence-electron chi connectivity index (χ0n) is 13.2. The number of halogens is 2. The van der Waals surface area contributed by atoms with Crippen molar-refractivity contribution in [3.63, 3.8) is 0 Å². The summed E-state index contributed by atoms with van der Waals surface area (Å²) in [6.45, 7) is 1.16. The lowest BCUT2D eigenvalue weighted by Gasteiger charge is -2.03. The van der Waals surface area contributed by atoms with Crippen LogP contribution in [0.4, 0.5) is 4.39 Å². The van der Waals surface area contributed by atoms with Gasteiger partial charge in [0.2, 0.25) is 0 Å². The van der Waals surface area contributed by atoms with Crippen LogP contribution in [0.15, 0.2) is 65.1 Å². The summed E-state index contributed by atoms with van der Waals surface area (Å²) < 4.78 is 18.6. The predicted molar refractivity (Wildman–Crippen MR) is 95.3 cm³/mol. The smallest absolute Gasteiger partial charge is 0.335 e. The Morgan fingerprint density at radius 3 is 2.28 bits per heavy atom. The van der Waals surface area contributed by atoms with Gasteiger partial charge >= 0.3 is 5.97 Å². The van der Waals surface area contributed by atoms with Crippen molar-refractivity contribution >= 4 is 18.4 Å².